The summed E-state index contributed by atoms with van der Waals surface area (Å²) in [5, 5.41) is 0.899. The van der Waals surface area contributed by atoms with E-state index < -0.39 is 0 Å². The molecule has 1 aliphatic heterocycles. The van der Waals surface area contributed by atoms with E-state index in [1.807, 2.05) is 0 Å². The molecule has 0 aromatic heterocycles. The van der Waals surface area contributed by atoms with Gasteiger partial charge in [0.1, 0.15) is 0 Å². The highest BCUT2D eigenvalue weighted by Crippen LogP contribution is 2.33. The molecule has 3 atom stereocenters. The predicted molar refractivity (Wildman–Crippen MR) is 86.5 cm³/mol. The zero-order valence-electron chi connectivity index (χ0n) is 11.3. The zero-order valence-corrected chi connectivity index (χ0v) is 14.5. The average Bonchev–Trinajstić information content (AvgIpc) is 2.33. The minimum atomic E-state index is 0.628. The van der Waals surface area contributed by atoms with Crippen LogP contribution in [0.4, 0.5) is 5.69 Å². The van der Waals surface area contributed by atoms with Crippen LogP contribution in [0.25, 0.3) is 0 Å². The van der Waals surface area contributed by atoms with Crippen molar-refractivity contribution in [3.63, 3.8) is 0 Å². The molecule has 2 rings (SSSR count). The summed E-state index contributed by atoms with van der Waals surface area (Å²) in [7, 11) is 0. The van der Waals surface area contributed by atoms with E-state index in [0.717, 1.165) is 17.2 Å². The summed E-state index contributed by atoms with van der Waals surface area (Å²) >= 11 is 7.18. The van der Waals surface area contributed by atoms with Gasteiger partial charge in [-0.2, -0.15) is 0 Å². The number of piperidine rings is 1. The topological polar surface area (TPSA) is 3.24 Å². The Morgan fingerprint density at radius 3 is 2.61 bits per heavy atom. The Balaban J connectivity index is 2.27. The van der Waals surface area contributed by atoms with Gasteiger partial charge in [-0.15, -0.1) is 0 Å². The second kappa shape index (κ2) is 5.96. The molecule has 0 spiro atoms. The SMILES string of the molecule is CC1CC(C)C(C)N(c2ccc(CBr)c(Br)c2)C1. The van der Waals surface area contributed by atoms with Crippen molar-refractivity contribution in [2.24, 2.45) is 11.8 Å². The number of hydrogen-bond donors (Lipinski definition) is 0. The lowest BCUT2D eigenvalue weighted by molar-refractivity contribution is 0.297. The van der Waals surface area contributed by atoms with Gasteiger partial charge in [0.25, 0.3) is 0 Å². The third kappa shape index (κ3) is 2.93. The Morgan fingerprint density at radius 2 is 2.00 bits per heavy atom. The highest BCUT2D eigenvalue weighted by molar-refractivity contribution is 9.10. The first kappa shape index (κ1) is 14.4. The van der Waals surface area contributed by atoms with E-state index in [9.17, 15) is 0 Å². The van der Waals surface area contributed by atoms with E-state index in [1.165, 1.54) is 28.7 Å². The highest BCUT2D eigenvalue weighted by Gasteiger charge is 2.28. The second-order valence-corrected chi connectivity index (χ2v) is 7.04. The summed E-state index contributed by atoms with van der Waals surface area (Å²) in [5.74, 6) is 1.55. The van der Waals surface area contributed by atoms with E-state index in [0.29, 0.717) is 6.04 Å². The number of alkyl halides is 1. The number of anilines is 1. The Morgan fingerprint density at radius 1 is 1.28 bits per heavy atom. The molecule has 3 heteroatoms. The third-order valence-corrected chi connectivity index (χ3v) is 5.45. The lowest BCUT2D eigenvalue weighted by Gasteiger charge is -2.42. The van der Waals surface area contributed by atoms with Crippen LogP contribution in [0, 0.1) is 11.8 Å². The van der Waals surface area contributed by atoms with Gasteiger partial charge in [-0.1, -0.05) is 51.8 Å². The molecule has 1 saturated heterocycles. The van der Waals surface area contributed by atoms with Crippen LogP contribution in [0.15, 0.2) is 22.7 Å². The third-order valence-electron chi connectivity index (χ3n) is 4.11. The normalized spacial score (nSPS) is 28.5. The molecule has 1 nitrogen and oxygen atoms in total. The number of benzene rings is 1. The Bertz CT molecular complexity index is 419. The first-order chi connectivity index (χ1) is 8.52. The monoisotopic (exact) mass is 373 g/mol. The van der Waals surface area contributed by atoms with Gasteiger partial charge in [-0.25, -0.2) is 0 Å². The number of nitrogens with zero attached hydrogens (tertiary/aromatic N) is 1. The van der Waals surface area contributed by atoms with Gasteiger partial charge < -0.3 is 4.90 Å². The molecule has 3 unspecified atom stereocenters. The van der Waals surface area contributed by atoms with Crippen LogP contribution in [-0.4, -0.2) is 12.6 Å². The van der Waals surface area contributed by atoms with E-state index in [2.05, 4.69) is 75.7 Å². The van der Waals surface area contributed by atoms with Crippen LogP contribution in [0.1, 0.15) is 32.8 Å². The first-order valence-electron chi connectivity index (χ1n) is 6.64. The van der Waals surface area contributed by atoms with Gasteiger partial charge in [-0.05, 0) is 42.9 Å². The summed E-state index contributed by atoms with van der Waals surface area (Å²) in [5.41, 5.74) is 2.65. The second-order valence-electron chi connectivity index (χ2n) is 5.62. The van der Waals surface area contributed by atoms with Gasteiger partial charge in [0.2, 0.25) is 0 Å². The van der Waals surface area contributed by atoms with Crippen molar-refractivity contribution < 1.29 is 0 Å². The van der Waals surface area contributed by atoms with Crippen molar-refractivity contribution in [3.8, 4) is 0 Å². The maximum absolute atomic E-state index is 3.67. The molecular formula is C15H21Br2N. The Hall–Kier alpha value is -0.0200. The maximum Gasteiger partial charge on any atom is 0.0380 e. The summed E-state index contributed by atoms with van der Waals surface area (Å²) in [6, 6.07) is 7.36. The molecule has 18 heavy (non-hydrogen) atoms. The molecule has 1 heterocycles. The molecule has 1 aromatic carbocycles. The van der Waals surface area contributed by atoms with Crippen molar-refractivity contribution in [1.82, 2.24) is 0 Å². The molecule has 1 fully saturated rings. The van der Waals surface area contributed by atoms with Crippen molar-refractivity contribution in [2.45, 2.75) is 38.6 Å². The van der Waals surface area contributed by atoms with Crippen LogP contribution < -0.4 is 4.90 Å². The van der Waals surface area contributed by atoms with Crippen LogP contribution in [0.2, 0.25) is 0 Å². The molecular weight excluding hydrogens is 354 g/mol. The predicted octanol–water partition coefficient (Wildman–Crippen LogP) is 5.21. The Kier molecular flexibility index (Phi) is 4.76. The quantitative estimate of drug-likeness (QED) is 0.641. The summed E-state index contributed by atoms with van der Waals surface area (Å²) < 4.78 is 1.20. The summed E-state index contributed by atoms with van der Waals surface area (Å²) in [4.78, 5) is 2.56. The van der Waals surface area contributed by atoms with Crippen molar-refractivity contribution in [1.29, 1.82) is 0 Å². The first-order valence-corrected chi connectivity index (χ1v) is 8.55. The van der Waals surface area contributed by atoms with E-state index in [1.54, 1.807) is 0 Å². The lowest BCUT2D eigenvalue weighted by Crippen LogP contribution is -2.45. The van der Waals surface area contributed by atoms with Crippen molar-refractivity contribution in [3.05, 3.63) is 28.2 Å². The van der Waals surface area contributed by atoms with Gasteiger partial charge in [0.15, 0.2) is 0 Å². The summed E-state index contributed by atoms with van der Waals surface area (Å²) in [6.07, 6.45) is 1.35. The van der Waals surface area contributed by atoms with Crippen LogP contribution in [-0.2, 0) is 5.33 Å². The minimum Gasteiger partial charge on any atom is -0.368 e. The molecule has 1 aliphatic rings. The van der Waals surface area contributed by atoms with E-state index in [4.69, 9.17) is 0 Å². The van der Waals surface area contributed by atoms with Gasteiger partial charge >= 0.3 is 0 Å². The molecule has 0 saturated carbocycles. The van der Waals surface area contributed by atoms with Crippen molar-refractivity contribution >= 4 is 37.5 Å². The molecule has 0 bridgehead atoms. The van der Waals surface area contributed by atoms with Gasteiger partial charge in [0, 0.05) is 28.1 Å². The average molecular weight is 375 g/mol. The number of hydrogen-bond acceptors (Lipinski definition) is 1. The van der Waals surface area contributed by atoms with E-state index in [-0.39, 0.29) is 0 Å². The fourth-order valence-electron chi connectivity index (χ4n) is 2.88. The smallest absolute Gasteiger partial charge is 0.0380 e. The largest absolute Gasteiger partial charge is 0.368 e. The fourth-order valence-corrected chi connectivity index (χ4v) is 4.25. The molecule has 100 valence electrons. The fraction of sp³-hybridized carbons (Fsp3) is 0.600. The minimum absolute atomic E-state index is 0.628. The number of halogens is 2. The van der Waals surface area contributed by atoms with Crippen LogP contribution in [0.3, 0.4) is 0 Å². The van der Waals surface area contributed by atoms with Gasteiger partial charge in [0.05, 0.1) is 0 Å². The highest BCUT2D eigenvalue weighted by atomic mass is 79.9. The van der Waals surface area contributed by atoms with Gasteiger partial charge in [-0.3, -0.25) is 0 Å². The molecule has 0 aliphatic carbocycles. The molecule has 0 amide bonds. The van der Waals surface area contributed by atoms with Crippen LogP contribution >= 0.6 is 31.9 Å². The van der Waals surface area contributed by atoms with Crippen LogP contribution in [0.5, 0.6) is 0 Å². The van der Waals surface area contributed by atoms with Crippen molar-refractivity contribution in [2.75, 3.05) is 11.4 Å². The number of rotatable bonds is 2. The molecule has 1 aromatic rings. The molecule has 0 radical (unpaired) electrons. The standard InChI is InChI=1S/C15H21Br2N/c1-10-6-11(2)12(3)18(9-10)14-5-4-13(8-16)15(17)7-14/h4-5,7,10-12H,6,8-9H2,1-3H3. The summed E-state index contributed by atoms with van der Waals surface area (Å²) in [6.45, 7) is 8.25. The Labute approximate surface area is 127 Å². The molecule has 0 N–H and O–H groups in total. The van der Waals surface area contributed by atoms with E-state index >= 15 is 0 Å². The maximum atomic E-state index is 3.67. The zero-order chi connectivity index (χ0) is 13.3. The lowest BCUT2D eigenvalue weighted by atomic mass is 9.85.